The normalized spacial score (nSPS) is 17.3. The van der Waals surface area contributed by atoms with Crippen molar-refractivity contribution >= 4 is 6.09 Å². The van der Waals surface area contributed by atoms with E-state index in [2.05, 4.69) is 5.32 Å². The molecule has 140 valence electrons. The minimum atomic E-state index is -4.95. The zero-order valence-corrected chi connectivity index (χ0v) is 13.2. The Morgan fingerprint density at radius 1 is 1.04 bits per heavy atom. The van der Waals surface area contributed by atoms with Crippen LogP contribution in [0.2, 0.25) is 0 Å². The smallest absolute Gasteiger partial charge is 0.416 e. The molecule has 0 saturated carbocycles. The van der Waals surface area contributed by atoms with E-state index in [0.29, 0.717) is 38.3 Å². The van der Waals surface area contributed by atoms with Gasteiger partial charge in [0, 0.05) is 26.2 Å². The summed E-state index contributed by atoms with van der Waals surface area (Å²) in [5.41, 5.74) is -3.25. The molecule has 1 atom stereocenters. The molecule has 1 amide bonds. The molecule has 1 heterocycles. The van der Waals surface area contributed by atoms with Gasteiger partial charge in [-0.3, -0.25) is 0 Å². The largest absolute Gasteiger partial charge is 0.442 e. The molecule has 0 spiro atoms. The fourth-order valence-corrected chi connectivity index (χ4v) is 2.35. The highest BCUT2D eigenvalue weighted by molar-refractivity contribution is 5.68. The maximum absolute atomic E-state index is 12.9. The second kappa shape index (κ2) is 7.11. The first-order chi connectivity index (χ1) is 11.5. The second-order valence-corrected chi connectivity index (χ2v) is 5.60. The lowest BCUT2D eigenvalue weighted by atomic mass is 10.0. The van der Waals surface area contributed by atoms with E-state index in [1.807, 2.05) is 0 Å². The van der Waals surface area contributed by atoms with Gasteiger partial charge in [0.1, 0.15) is 6.10 Å². The SMILES string of the molecule is C[C@@H](OC(=O)N1CCNCC1)c1cc(C(F)(F)F)cc(C(F)(F)F)c1. The Hall–Kier alpha value is -1.97. The van der Waals surface area contributed by atoms with Crippen LogP contribution < -0.4 is 5.32 Å². The summed E-state index contributed by atoms with van der Waals surface area (Å²) in [6.07, 6.45) is -11.9. The summed E-state index contributed by atoms with van der Waals surface area (Å²) < 4.78 is 82.2. The summed E-state index contributed by atoms with van der Waals surface area (Å²) in [6, 6.07) is 1.16. The number of hydrogen-bond acceptors (Lipinski definition) is 3. The molecule has 1 aliphatic rings. The molecule has 25 heavy (non-hydrogen) atoms. The highest BCUT2D eigenvalue weighted by atomic mass is 19.4. The Kier molecular flexibility index (Phi) is 5.50. The van der Waals surface area contributed by atoms with Crippen molar-refractivity contribution in [3.05, 3.63) is 34.9 Å². The van der Waals surface area contributed by atoms with Gasteiger partial charge in [-0.05, 0) is 30.7 Å². The van der Waals surface area contributed by atoms with Crippen LogP contribution in [0.5, 0.6) is 0 Å². The van der Waals surface area contributed by atoms with Crippen LogP contribution in [0.25, 0.3) is 0 Å². The minimum absolute atomic E-state index is 0.0361. The topological polar surface area (TPSA) is 41.6 Å². The standard InChI is InChI=1S/C15H16F6N2O2/c1-9(25-13(24)23-4-2-22-3-5-23)10-6-11(14(16,17)18)8-12(7-10)15(19,20)21/h6-9,22H,2-5H2,1H3/t9-/m1/s1. The number of carbonyl (C=O) groups excluding carboxylic acids is 1. The number of carbonyl (C=O) groups is 1. The monoisotopic (exact) mass is 370 g/mol. The molecule has 1 aromatic rings. The van der Waals surface area contributed by atoms with Crippen LogP contribution in [0.4, 0.5) is 31.1 Å². The van der Waals surface area contributed by atoms with Crippen LogP contribution in [0.3, 0.4) is 0 Å². The maximum Gasteiger partial charge on any atom is 0.416 e. The van der Waals surface area contributed by atoms with Crippen LogP contribution in [-0.4, -0.2) is 37.2 Å². The fraction of sp³-hybridized carbons (Fsp3) is 0.533. The molecule has 10 heteroatoms. The predicted octanol–water partition coefficient (Wildman–Crippen LogP) is 3.83. The van der Waals surface area contributed by atoms with Crippen LogP contribution in [-0.2, 0) is 17.1 Å². The molecule has 1 aromatic carbocycles. The minimum Gasteiger partial charge on any atom is -0.442 e. The first-order valence-corrected chi connectivity index (χ1v) is 7.44. The Labute approximate surface area is 139 Å². The molecule has 1 N–H and O–H groups in total. The van der Waals surface area contributed by atoms with Gasteiger partial charge in [-0.15, -0.1) is 0 Å². The maximum atomic E-state index is 12.9. The van der Waals surface area contributed by atoms with Crippen LogP contribution in [0.1, 0.15) is 29.7 Å². The third-order valence-electron chi connectivity index (χ3n) is 3.73. The molecule has 2 rings (SSSR count). The number of hydrogen-bond donors (Lipinski definition) is 1. The number of alkyl halides is 6. The van der Waals surface area contributed by atoms with Gasteiger partial charge in [-0.25, -0.2) is 4.79 Å². The van der Waals surface area contributed by atoms with Gasteiger partial charge in [-0.1, -0.05) is 0 Å². The number of benzene rings is 1. The molecule has 0 radical (unpaired) electrons. The third kappa shape index (κ3) is 5.00. The Morgan fingerprint density at radius 2 is 1.52 bits per heavy atom. The number of nitrogens with one attached hydrogen (secondary N) is 1. The Bertz CT molecular complexity index is 591. The van der Waals surface area contributed by atoms with Crippen molar-refractivity contribution < 1.29 is 35.9 Å². The van der Waals surface area contributed by atoms with Gasteiger partial charge >= 0.3 is 18.4 Å². The zero-order chi connectivity index (χ0) is 18.8. The molecule has 1 fully saturated rings. The van der Waals surface area contributed by atoms with E-state index in [9.17, 15) is 31.1 Å². The van der Waals surface area contributed by atoms with E-state index < -0.39 is 35.7 Å². The summed E-state index contributed by atoms with van der Waals surface area (Å²) >= 11 is 0. The highest BCUT2D eigenvalue weighted by Gasteiger charge is 2.37. The predicted molar refractivity (Wildman–Crippen MR) is 75.8 cm³/mol. The quantitative estimate of drug-likeness (QED) is 0.805. The van der Waals surface area contributed by atoms with Crippen LogP contribution >= 0.6 is 0 Å². The second-order valence-electron chi connectivity index (χ2n) is 5.60. The highest BCUT2D eigenvalue weighted by Crippen LogP contribution is 2.37. The fourth-order valence-electron chi connectivity index (χ4n) is 2.35. The number of ether oxygens (including phenoxy) is 1. The molecule has 0 unspecified atom stereocenters. The van der Waals surface area contributed by atoms with Crippen molar-refractivity contribution in [2.24, 2.45) is 0 Å². The Morgan fingerprint density at radius 3 is 1.96 bits per heavy atom. The average Bonchev–Trinajstić information content (AvgIpc) is 2.53. The molecule has 0 aliphatic carbocycles. The first kappa shape index (κ1) is 19.4. The van der Waals surface area contributed by atoms with Crippen LogP contribution in [0, 0.1) is 0 Å². The summed E-state index contributed by atoms with van der Waals surface area (Å²) in [4.78, 5) is 13.3. The molecular weight excluding hydrogens is 354 g/mol. The summed E-state index contributed by atoms with van der Waals surface area (Å²) in [6.45, 7) is 3.00. The lowest BCUT2D eigenvalue weighted by Gasteiger charge is -2.28. The first-order valence-electron chi connectivity index (χ1n) is 7.44. The molecule has 0 aromatic heterocycles. The van der Waals surface area contributed by atoms with Crippen molar-refractivity contribution in [2.75, 3.05) is 26.2 Å². The van der Waals surface area contributed by atoms with Gasteiger partial charge in [0.25, 0.3) is 0 Å². The van der Waals surface area contributed by atoms with E-state index in [-0.39, 0.29) is 11.6 Å². The summed E-state index contributed by atoms with van der Waals surface area (Å²) in [5, 5.41) is 3.00. The van der Waals surface area contributed by atoms with E-state index in [1.165, 1.54) is 11.8 Å². The van der Waals surface area contributed by atoms with Crippen molar-refractivity contribution in [1.82, 2.24) is 10.2 Å². The molecular formula is C15H16F6N2O2. The van der Waals surface area contributed by atoms with E-state index in [1.54, 1.807) is 0 Å². The molecule has 4 nitrogen and oxygen atoms in total. The average molecular weight is 370 g/mol. The Balaban J connectivity index is 2.25. The number of amides is 1. The third-order valence-corrected chi connectivity index (χ3v) is 3.73. The van der Waals surface area contributed by atoms with Gasteiger partial charge in [0.15, 0.2) is 0 Å². The molecule has 1 aliphatic heterocycles. The van der Waals surface area contributed by atoms with Gasteiger partial charge in [0.2, 0.25) is 0 Å². The van der Waals surface area contributed by atoms with Crippen molar-refractivity contribution in [3.63, 3.8) is 0 Å². The number of piperazine rings is 1. The van der Waals surface area contributed by atoms with E-state index in [0.717, 1.165) is 0 Å². The van der Waals surface area contributed by atoms with Gasteiger partial charge < -0.3 is 15.0 Å². The van der Waals surface area contributed by atoms with Gasteiger partial charge in [0.05, 0.1) is 11.1 Å². The summed E-state index contributed by atoms with van der Waals surface area (Å²) in [7, 11) is 0. The molecule has 0 bridgehead atoms. The number of nitrogens with zero attached hydrogens (tertiary/aromatic N) is 1. The number of rotatable bonds is 2. The van der Waals surface area contributed by atoms with E-state index >= 15 is 0 Å². The number of halogens is 6. The van der Waals surface area contributed by atoms with Gasteiger partial charge in [-0.2, -0.15) is 26.3 Å². The van der Waals surface area contributed by atoms with E-state index in [4.69, 9.17) is 4.74 Å². The van der Waals surface area contributed by atoms with Crippen molar-refractivity contribution in [3.8, 4) is 0 Å². The van der Waals surface area contributed by atoms with Crippen molar-refractivity contribution in [1.29, 1.82) is 0 Å². The summed E-state index contributed by atoms with van der Waals surface area (Å²) in [5.74, 6) is 0. The zero-order valence-electron chi connectivity index (χ0n) is 13.2. The van der Waals surface area contributed by atoms with Crippen LogP contribution in [0.15, 0.2) is 18.2 Å². The molecule has 1 saturated heterocycles. The lowest BCUT2D eigenvalue weighted by Crippen LogP contribution is -2.46. The lowest BCUT2D eigenvalue weighted by molar-refractivity contribution is -0.143. The van der Waals surface area contributed by atoms with Crippen molar-refractivity contribution in [2.45, 2.75) is 25.4 Å².